The first-order valence-electron chi connectivity index (χ1n) is 5.80. The number of hydrogen-bond donors (Lipinski definition) is 0. The monoisotopic (exact) mass is 199 g/mol. The number of hydrogen-bond acceptors (Lipinski definition) is 2. The van der Waals surface area contributed by atoms with Crippen LogP contribution in [0.4, 0.5) is 0 Å². The van der Waals surface area contributed by atoms with Gasteiger partial charge in [-0.1, -0.05) is 26.7 Å². The van der Waals surface area contributed by atoms with Crippen LogP contribution in [0.3, 0.4) is 0 Å². The fourth-order valence-corrected chi connectivity index (χ4v) is 1.58. The summed E-state index contributed by atoms with van der Waals surface area (Å²) in [5, 5.41) is 0. The van der Waals surface area contributed by atoms with Gasteiger partial charge in [0.25, 0.3) is 0 Å². The van der Waals surface area contributed by atoms with Gasteiger partial charge < -0.3 is 9.47 Å². The maximum Gasteiger partial charge on any atom is 0.0566 e. The van der Waals surface area contributed by atoms with Crippen LogP contribution in [0, 0.1) is 11.8 Å². The third-order valence-electron chi connectivity index (χ3n) is 2.93. The molecule has 0 aromatic heterocycles. The second-order valence-electron chi connectivity index (χ2n) is 4.26. The van der Waals surface area contributed by atoms with Gasteiger partial charge in [0.1, 0.15) is 0 Å². The van der Waals surface area contributed by atoms with E-state index in [1.165, 1.54) is 19.3 Å². The summed E-state index contributed by atoms with van der Waals surface area (Å²) in [4.78, 5) is 0. The first kappa shape index (κ1) is 12.0. The van der Waals surface area contributed by atoms with Gasteiger partial charge in [-0.15, -0.1) is 0 Å². The van der Waals surface area contributed by atoms with Crippen molar-refractivity contribution in [3.05, 3.63) is 6.42 Å². The van der Waals surface area contributed by atoms with Crippen LogP contribution in [-0.4, -0.2) is 26.4 Å². The van der Waals surface area contributed by atoms with Crippen molar-refractivity contribution < 1.29 is 9.47 Å². The lowest BCUT2D eigenvalue weighted by Crippen LogP contribution is -2.45. The lowest BCUT2D eigenvalue weighted by molar-refractivity contribution is -0.150. The van der Waals surface area contributed by atoms with E-state index in [-0.39, 0.29) is 0 Å². The van der Waals surface area contributed by atoms with Crippen LogP contribution in [0.25, 0.3) is 0 Å². The summed E-state index contributed by atoms with van der Waals surface area (Å²) in [5.74, 6) is 0. The van der Waals surface area contributed by atoms with Crippen LogP contribution in [0.5, 0.6) is 0 Å². The SMILES string of the molecule is CCC[CH]CCOCC1(CC)COC1. The largest absolute Gasteiger partial charge is 0.381 e. The molecule has 14 heavy (non-hydrogen) atoms. The van der Waals surface area contributed by atoms with Crippen molar-refractivity contribution >= 4 is 0 Å². The van der Waals surface area contributed by atoms with Crippen molar-refractivity contribution in [2.75, 3.05) is 26.4 Å². The van der Waals surface area contributed by atoms with E-state index in [1.807, 2.05) is 0 Å². The van der Waals surface area contributed by atoms with Gasteiger partial charge in [-0.25, -0.2) is 0 Å². The van der Waals surface area contributed by atoms with Crippen molar-refractivity contribution in [1.29, 1.82) is 0 Å². The first-order valence-corrected chi connectivity index (χ1v) is 5.80. The van der Waals surface area contributed by atoms with Gasteiger partial charge >= 0.3 is 0 Å². The van der Waals surface area contributed by atoms with Crippen LogP contribution in [-0.2, 0) is 9.47 Å². The molecule has 0 atom stereocenters. The molecular weight excluding hydrogens is 176 g/mol. The van der Waals surface area contributed by atoms with Gasteiger partial charge in [-0.3, -0.25) is 0 Å². The molecule has 0 bridgehead atoms. The molecule has 0 spiro atoms. The number of ether oxygens (including phenoxy) is 2. The normalized spacial score (nSPS) is 19.3. The van der Waals surface area contributed by atoms with Crippen molar-refractivity contribution in [3.8, 4) is 0 Å². The quantitative estimate of drug-likeness (QED) is 0.560. The van der Waals surface area contributed by atoms with E-state index < -0.39 is 0 Å². The highest BCUT2D eigenvalue weighted by Gasteiger charge is 2.36. The predicted octanol–water partition coefficient (Wildman–Crippen LogP) is 2.82. The zero-order valence-corrected chi connectivity index (χ0v) is 9.55. The first-order chi connectivity index (χ1) is 6.83. The van der Waals surface area contributed by atoms with E-state index >= 15 is 0 Å². The van der Waals surface area contributed by atoms with Crippen LogP contribution in [0.15, 0.2) is 0 Å². The molecule has 1 radical (unpaired) electrons. The molecule has 1 rings (SSSR count). The van der Waals surface area contributed by atoms with E-state index in [0.717, 1.165) is 32.8 Å². The highest BCUT2D eigenvalue weighted by atomic mass is 16.5. The molecule has 0 aromatic rings. The third-order valence-corrected chi connectivity index (χ3v) is 2.93. The average Bonchev–Trinajstić information content (AvgIpc) is 2.15. The highest BCUT2D eigenvalue weighted by molar-refractivity contribution is 4.83. The summed E-state index contributed by atoms with van der Waals surface area (Å²) in [6.07, 6.45) is 7.04. The maximum atomic E-state index is 5.67. The fraction of sp³-hybridized carbons (Fsp3) is 0.917. The van der Waals surface area contributed by atoms with Gasteiger partial charge in [0.05, 0.1) is 19.8 Å². The van der Waals surface area contributed by atoms with Gasteiger partial charge in [-0.05, 0) is 19.3 Å². The van der Waals surface area contributed by atoms with Crippen LogP contribution >= 0.6 is 0 Å². The fourth-order valence-electron chi connectivity index (χ4n) is 1.58. The van der Waals surface area contributed by atoms with Gasteiger partial charge in [0.15, 0.2) is 0 Å². The lowest BCUT2D eigenvalue weighted by atomic mass is 9.84. The van der Waals surface area contributed by atoms with Crippen LogP contribution in [0.1, 0.15) is 39.5 Å². The molecule has 1 heterocycles. The Balaban J connectivity index is 1.92. The molecule has 1 saturated heterocycles. The zero-order valence-electron chi connectivity index (χ0n) is 9.55. The molecule has 2 heteroatoms. The van der Waals surface area contributed by atoms with E-state index in [0.29, 0.717) is 5.41 Å². The van der Waals surface area contributed by atoms with E-state index in [4.69, 9.17) is 9.47 Å². The highest BCUT2D eigenvalue weighted by Crippen LogP contribution is 2.31. The van der Waals surface area contributed by atoms with Gasteiger partial charge in [0, 0.05) is 12.0 Å². The minimum Gasteiger partial charge on any atom is -0.381 e. The zero-order chi connectivity index (χ0) is 10.3. The minimum atomic E-state index is 0.352. The molecule has 0 unspecified atom stereocenters. The van der Waals surface area contributed by atoms with Crippen LogP contribution < -0.4 is 0 Å². The van der Waals surface area contributed by atoms with E-state index in [1.54, 1.807) is 0 Å². The molecule has 0 aliphatic carbocycles. The molecule has 83 valence electrons. The Bertz CT molecular complexity index is 136. The van der Waals surface area contributed by atoms with Gasteiger partial charge in [-0.2, -0.15) is 0 Å². The smallest absolute Gasteiger partial charge is 0.0566 e. The summed E-state index contributed by atoms with van der Waals surface area (Å²) in [5.41, 5.74) is 0.352. The van der Waals surface area contributed by atoms with E-state index in [2.05, 4.69) is 20.3 Å². The van der Waals surface area contributed by atoms with E-state index in [9.17, 15) is 0 Å². The Morgan fingerprint density at radius 1 is 1.29 bits per heavy atom. The Morgan fingerprint density at radius 2 is 2.07 bits per heavy atom. The molecule has 1 aliphatic rings. The standard InChI is InChI=1S/C12H23O2/c1-3-5-6-7-8-13-9-12(4-2)10-14-11-12/h6H,3-5,7-11H2,1-2H3. The van der Waals surface area contributed by atoms with Gasteiger partial charge in [0.2, 0.25) is 0 Å². The summed E-state index contributed by atoms with van der Waals surface area (Å²) < 4.78 is 10.9. The molecule has 0 aromatic carbocycles. The summed E-state index contributed by atoms with van der Waals surface area (Å²) in [6, 6.07) is 0. The Hall–Kier alpha value is -0.0800. The van der Waals surface area contributed by atoms with Crippen molar-refractivity contribution in [2.24, 2.45) is 5.41 Å². The molecule has 2 nitrogen and oxygen atoms in total. The Morgan fingerprint density at radius 3 is 2.57 bits per heavy atom. The second kappa shape index (κ2) is 6.41. The minimum absolute atomic E-state index is 0.352. The number of rotatable bonds is 8. The summed E-state index contributed by atoms with van der Waals surface area (Å²) >= 11 is 0. The summed E-state index contributed by atoms with van der Waals surface area (Å²) in [7, 11) is 0. The van der Waals surface area contributed by atoms with Crippen LogP contribution in [0.2, 0.25) is 0 Å². The Labute approximate surface area is 88.0 Å². The van der Waals surface area contributed by atoms with Crippen molar-refractivity contribution in [3.63, 3.8) is 0 Å². The molecule has 0 amide bonds. The predicted molar refractivity (Wildman–Crippen MR) is 58.2 cm³/mol. The maximum absolute atomic E-state index is 5.67. The molecule has 1 fully saturated rings. The average molecular weight is 199 g/mol. The molecule has 0 saturated carbocycles. The Kier molecular flexibility index (Phi) is 5.49. The second-order valence-corrected chi connectivity index (χ2v) is 4.26. The summed E-state index contributed by atoms with van der Waals surface area (Å²) in [6.45, 7) is 7.96. The lowest BCUT2D eigenvalue weighted by Gasteiger charge is -2.40. The molecular formula is C12H23O2. The third kappa shape index (κ3) is 3.58. The van der Waals surface area contributed by atoms with Crippen molar-refractivity contribution in [1.82, 2.24) is 0 Å². The molecule has 1 aliphatic heterocycles. The number of unbranched alkanes of at least 4 members (excludes halogenated alkanes) is 3. The topological polar surface area (TPSA) is 18.5 Å². The van der Waals surface area contributed by atoms with Crippen molar-refractivity contribution in [2.45, 2.75) is 39.5 Å². The molecule has 0 N–H and O–H groups in total.